The van der Waals surface area contributed by atoms with Gasteiger partial charge in [-0.3, -0.25) is 10.0 Å². The first-order chi connectivity index (χ1) is 16.4. The summed E-state index contributed by atoms with van der Waals surface area (Å²) in [4.78, 5) is 12.3. The van der Waals surface area contributed by atoms with Crippen LogP contribution in [0.2, 0.25) is 0 Å². The molecule has 1 heterocycles. The van der Waals surface area contributed by atoms with Crippen molar-refractivity contribution in [3.8, 4) is 17.2 Å². The van der Waals surface area contributed by atoms with E-state index in [2.05, 4.69) is 0 Å². The van der Waals surface area contributed by atoms with Crippen LogP contribution in [0.15, 0.2) is 83.8 Å². The van der Waals surface area contributed by atoms with Gasteiger partial charge in [0.05, 0.1) is 4.90 Å². The summed E-state index contributed by atoms with van der Waals surface area (Å²) in [6.45, 7) is 0.677. The van der Waals surface area contributed by atoms with Crippen molar-refractivity contribution in [1.29, 1.82) is 0 Å². The van der Waals surface area contributed by atoms with Gasteiger partial charge in [-0.05, 0) is 66.9 Å². The van der Waals surface area contributed by atoms with Crippen LogP contribution >= 0.6 is 0 Å². The summed E-state index contributed by atoms with van der Waals surface area (Å²) >= 11 is 0. The first-order valence-electron chi connectivity index (χ1n) is 10.8. The minimum atomic E-state index is -4.08. The number of hydrogen-bond acceptors (Lipinski definition) is 7. The van der Waals surface area contributed by atoms with E-state index >= 15 is 0 Å². The van der Waals surface area contributed by atoms with Crippen molar-refractivity contribution in [3.63, 3.8) is 0 Å². The third-order valence-electron chi connectivity index (χ3n) is 5.77. The highest BCUT2D eigenvalue weighted by Gasteiger charge is 2.52. The minimum absolute atomic E-state index is 0.0324. The second-order valence-corrected chi connectivity index (χ2v) is 10.1. The van der Waals surface area contributed by atoms with Gasteiger partial charge in [-0.15, -0.1) is 0 Å². The first-order valence-corrected chi connectivity index (χ1v) is 12.2. The number of sulfone groups is 1. The summed E-state index contributed by atoms with van der Waals surface area (Å²) in [6, 6.07) is 22.8. The van der Waals surface area contributed by atoms with Crippen LogP contribution in [0.5, 0.6) is 17.2 Å². The zero-order valence-electron chi connectivity index (χ0n) is 18.3. The Morgan fingerprint density at radius 3 is 2.03 bits per heavy atom. The molecule has 0 spiro atoms. The van der Waals surface area contributed by atoms with Crippen LogP contribution in [-0.4, -0.2) is 37.5 Å². The smallest absolute Gasteiger partial charge is 0.265 e. The van der Waals surface area contributed by atoms with Crippen molar-refractivity contribution in [2.24, 2.45) is 0 Å². The molecule has 0 aliphatic carbocycles. The molecule has 1 aliphatic rings. The average molecular weight is 484 g/mol. The van der Waals surface area contributed by atoms with Crippen LogP contribution in [0.25, 0.3) is 0 Å². The molecule has 0 bridgehead atoms. The van der Waals surface area contributed by atoms with Gasteiger partial charge in [0.2, 0.25) is 0 Å². The van der Waals surface area contributed by atoms with Gasteiger partial charge in [0.1, 0.15) is 23.9 Å². The number of ether oxygens (including phenoxy) is 3. The van der Waals surface area contributed by atoms with Crippen LogP contribution in [-0.2, 0) is 26.0 Å². The fourth-order valence-corrected chi connectivity index (χ4v) is 5.75. The molecule has 3 aromatic carbocycles. The summed E-state index contributed by atoms with van der Waals surface area (Å²) in [5, 5.41) is 9.15. The molecule has 8 nitrogen and oxygen atoms in total. The molecule has 0 radical (unpaired) electrons. The van der Waals surface area contributed by atoms with Crippen LogP contribution in [0.3, 0.4) is 0 Å². The molecule has 1 fully saturated rings. The maximum Gasteiger partial charge on any atom is 0.265 e. The SMILES string of the molecule is O=C(NO)C1(S(=O)(=O)c2ccc(Oc3ccc(OCc4ccccc4)cc3)cc2)CCOCC1. The largest absolute Gasteiger partial charge is 0.489 e. The topological polar surface area (TPSA) is 111 Å². The Balaban J connectivity index is 1.43. The number of hydrogen-bond donors (Lipinski definition) is 2. The maximum atomic E-state index is 13.3. The Morgan fingerprint density at radius 1 is 0.882 bits per heavy atom. The van der Waals surface area contributed by atoms with Crippen molar-refractivity contribution in [1.82, 2.24) is 5.48 Å². The molecule has 2 N–H and O–H groups in total. The Bertz CT molecular complexity index is 1200. The van der Waals surface area contributed by atoms with Crippen LogP contribution in [0.1, 0.15) is 18.4 Å². The van der Waals surface area contributed by atoms with E-state index in [4.69, 9.17) is 19.4 Å². The molecule has 34 heavy (non-hydrogen) atoms. The number of carbonyl (C=O) groups excluding carboxylic acids is 1. The number of hydroxylamine groups is 1. The van der Waals surface area contributed by atoms with Gasteiger partial charge >= 0.3 is 0 Å². The second kappa shape index (κ2) is 10.3. The lowest BCUT2D eigenvalue weighted by Crippen LogP contribution is -2.54. The predicted molar refractivity (Wildman–Crippen MR) is 124 cm³/mol. The monoisotopic (exact) mass is 483 g/mol. The Kier molecular flexibility index (Phi) is 7.16. The van der Waals surface area contributed by atoms with Gasteiger partial charge in [-0.1, -0.05) is 30.3 Å². The fraction of sp³-hybridized carbons (Fsp3) is 0.240. The van der Waals surface area contributed by atoms with Gasteiger partial charge in [0, 0.05) is 13.2 Å². The quantitative estimate of drug-likeness (QED) is 0.369. The lowest BCUT2D eigenvalue weighted by molar-refractivity contribution is -0.134. The van der Waals surface area contributed by atoms with Crippen molar-refractivity contribution in [3.05, 3.63) is 84.4 Å². The van der Waals surface area contributed by atoms with Crippen LogP contribution in [0, 0.1) is 0 Å². The predicted octanol–water partition coefficient (Wildman–Crippen LogP) is 3.89. The summed E-state index contributed by atoms with van der Waals surface area (Å²) in [6.07, 6.45) is -0.0860. The summed E-state index contributed by atoms with van der Waals surface area (Å²) in [7, 11) is -4.08. The molecule has 4 rings (SSSR count). The van der Waals surface area contributed by atoms with E-state index in [1.807, 2.05) is 30.3 Å². The van der Waals surface area contributed by atoms with Gasteiger partial charge in [0.15, 0.2) is 14.6 Å². The Hall–Kier alpha value is -3.40. The Labute approximate surface area is 198 Å². The fourth-order valence-electron chi connectivity index (χ4n) is 3.81. The van der Waals surface area contributed by atoms with E-state index in [9.17, 15) is 13.2 Å². The molecule has 178 valence electrons. The normalized spacial score (nSPS) is 15.3. The number of benzene rings is 3. The third-order valence-corrected chi connectivity index (χ3v) is 8.29. The number of carbonyl (C=O) groups is 1. The standard InChI is InChI=1S/C25H25NO7S/c27-24(26-28)25(14-16-31-17-15-25)34(29,30)23-12-10-22(11-13-23)33-21-8-6-20(7-9-21)32-18-19-4-2-1-3-5-19/h1-13,28H,14-18H2,(H,26,27). The number of rotatable bonds is 8. The molecule has 1 saturated heterocycles. The van der Waals surface area contributed by atoms with Gasteiger partial charge in [-0.25, -0.2) is 13.9 Å². The van der Waals surface area contributed by atoms with Crippen molar-refractivity contribution >= 4 is 15.7 Å². The van der Waals surface area contributed by atoms with E-state index in [0.29, 0.717) is 23.9 Å². The van der Waals surface area contributed by atoms with Crippen molar-refractivity contribution < 1.29 is 32.6 Å². The molecule has 3 aromatic rings. The molecule has 1 aliphatic heterocycles. The molecule has 9 heteroatoms. The Morgan fingerprint density at radius 2 is 1.44 bits per heavy atom. The molecule has 1 amide bonds. The zero-order valence-corrected chi connectivity index (χ0v) is 19.2. The average Bonchev–Trinajstić information content (AvgIpc) is 2.89. The lowest BCUT2D eigenvalue weighted by Gasteiger charge is -2.34. The van der Waals surface area contributed by atoms with Crippen molar-refractivity contribution in [2.45, 2.75) is 29.1 Å². The number of amides is 1. The first kappa shape index (κ1) is 23.7. The highest BCUT2D eigenvalue weighted by Crippen LogP contribution is 2.36. The number of nitrogens with one attached hydrogen (secondary N) is 1. The van der Waals surface area contributed by atoms with Crippen molar-refractivity contribution in [2.75, 3.05) is 13.2 Å². The third kappa shape index (κ3) is 4.91. The summed E-state index contributed by atoms with van der Waals surface area (Å²) < 4.78 is 41.6. The minimum Gasteiger partial charge on any atom is -0.489 e. The van der Waals surface area contributed by atoms with Gasteiger partial charge in [-0.2, -0.15) is 0 Å². The molecule has 0 atom stereocenters. The van der Waals surface area contributed by atoms with Gasteiger partial charge < -0.3 is 14.2 Å². The summed E-state index contributed by atoms with van der Waals surface area (Å²) in [5.74, 6) is 0.736. The van der Waals surface area contributed by atoms with Gasteiger partial charge in [0.25, 0.3) is 5.91 Å². The van der Waals surface area contributed by atoms with E-state index in [1.54, 1.807) is 24.3 Å². The molecular weight excluding hydrogens is 458 g/mol. The van der Waals surface area contributed by atoms with Crippen LogP contribution in [0.4, 0.5) is 0 Å². The van der Waals surface area contributed by atoms with E-state index in [1.165, 1.54) is 29.7 Å². The highest BCUT2D eigenvalue weighted by molar-refractivity contribution is 7.93. The maximum absolute atomic E-state index is 13.3. The lowest BCUT2D eigenvalue weighted by atomic mass is 9.98. The summed E-state index contributed by atoms with van der Waals surface area (Å²) in [5.41, 5.74) is 2.58. The van der Waals surface area contributed by atoms with E-state index in [-0.39, 0.29) is 31.0 Å². The molecular formula is C25H25NO7S. The molecule has 0 unspecified atom stereocenters. The van der Waals surface area contributed by atoms with Crippen LogP contribution < -0.4 is 15.0 Å². The molecule has 0 saturated carbocycles. The second-order valence-electron chi connectivity index (χ2n) is 7.87. The van der Waals surface area contributed by atoms with E-state index in [0.717, 1.165) is 5.56 Å². The zero-order chi connectivity index (χ0) is 24.0. The molecule has 0 aromatic heterocycles. The highest BCUT2D eigenvalue weighted by atomic mass is 32.2. The van der Waals surface area contributed by atoms with E-state index < -0.39 is 20.5 Å².